The minimum Gasteiger partial charge on any atom is -0.258 e. The second kappa shape index (κ2) is 6.42. The highest BCUT2D eigenvalue weighted by atomic mass is 32.2. The average molecular weight is 344 g/mol. The van der Waals surface area contributed by atoms with Crippen molar-refractivity contribution < 1.29 is 9.85 Å². The van der Waals surface area contributed by atoms with E-state index in [0.29, 0.717) is 11.5 Å². The van der Waals surface area contributed by atoms with Crippen LogP contribution in [-0.2, 0) is 0 Å². The fraction of sp³-hybridized carbons (Fsp3) is 0. The minimum absolute atomic E-state index is 0.206. The maximum atomic E-state index is 11.1. The average Bonchev–Trinajstić information content (AvgIpc) is 3.04. The summed E-state index contributed by atoms with van der Waals surface area (Å²) in [5.41, 5.74) is -0.149. The number of nitrogens with zero attached hydrogens (tertiary/aromatic N) is 5. The number of nitrogens with one attached hydrogen (secondary N) is 1. The molecular weight excluding hydrogens is 336 g/mol. The topological polar surface area (TPSA) is 141 Å². The molecule has 0 aliphatic rings. The van der Waals surface area contributed by atoms with Crippen LogP contribution in [0.4, 0.5) is 11.4 Å². The van der Waals surface area contributed by atoms with Gasteiger partial charge in [0, 0.05) is 12.3 Å². The molecule has 3 aromatic rings. The summed E-state index contributed by atoms with van der Waals surface area (Å²) >= 11 is 0.933. The lowest BCUT2D eigenvalue weighted by molar-refractivity contribution is -0.396. The largest absolute Gasteiger partial charge is 0.290 e. The van der Waals surface area contributed by atoms with Gasteiger partial charge < -0.3 is 0 Å². The summed E-state index contributed by atoms with van der Waals surface area (Å²) in [4.78, 5) is 29.0. The number of hydrogen-bond donors (Lipinski definition) is 1. The van der Waals surface area contributed by atoms with E-state index in [9.17, 15) is 20.2 Å². The van der Waals surface area contributed by atoms with Gasteiger partial charge in [-0.1, -0.05) is 6.07 Å². The van der Waals surface area contributed by atoms with Crippen molar-refractivity contribution in [3.8, 4) is 11.5 Å². The molecule has 0 spiro atoms. The Balaban J connectivity index is 1.90. The number of nitro benzene ring substituents is 2. The van der Waals surface area contributed by atoms with Gasteiger partial charge in [0.05, 0.1) is 20.8 Å². The Morgan fingerprint density at radius 2 is 1.92 bits per heavy atom. The fourth-order valence-electron chi connectivity index (χ4n) is 1.86. The standard InChI is InChI=1S/C13H8N6O4S/c20-18(21)8-4-5-11(10(7-8)19(22)23)24-13-15-12(16-17-13)9-3-1-2-6-14-9/h1-7H,(H,15,16,17). The maximum absolute atomic E-state index is 11.1. The van der Waals surface area contributed by atoms with E-state index in [1.807, 2.05) is 0 Å². The lowest BCUT2D eigenvalue weighted by Gasteiger charge is -1.99. The number of H-pyrrole nitrogens is 1. The predicted octanol–water partition coefficient (Wildman–Crippen LogP) is 2.83. The van der Waals surface area contributed by atoms with Gasteiger partial charge in [-0.05, 0) is 30.0 Å². The van der Waals surface area contributed by atoms with Crippen LogP contribution in [0.15, 0.2) is 52.6 Å². The zero-order valence-electron chi connectivity index (χ0n) is 11.8. The van der Waals surface area contributed by atoms with E-state index >= 15 is 0 Å². The molecule has 2 aromatic heterocycles. The van der Waals surface area contributed by atoms with Gasteiger partial charge in [0.15, 0.2) is 5.82 Å². The molecule has 120 valence electrons. The monoisotopic (exact) mass is 344 g/mol. The number of hydrogen-bond acceptors (Lipinski definition) is 8. The maximum Gasteiger partial charge on any atom is 0.290 e. The normalized spacial score (nSPS) is 10.5. The molecule has 10 nitrogen and oxygen atoms in total. The van der Waals surface area contributed by atoms with E-state index < -0.39 is 9.85 Å². The summed E-state index contributed by atoms with van der Waals surface area (Å²) in [6, 6.07) is 8.70. The Morgan fingerprint density at radius 1 is 1.08 bits per heavy atom. The van der Waals surface area contributed by atoms with Crippen LogP contribution in [0.3, 0.4) is 0 Å². The van der Waals surface area contributed by atoms with Crippen LogP contribution in [0.5, 0.6) is 0 Å². The van der Waals surface area contributed by atoms with Crippen molar-refractivity contribution in [1.29, 1.82) is 0 Å². The predicted molar refractivity (Wildman–Crippen MR) is 83.5 cm³/mol. The number of non-ortho nitro benzene ring substituents is 1. The van der Waals surface area contributed by atoms with Crippen molar-refractivity contribution in [2.24, 2.45) is 0 Å². The van der Waals surface area contributed by atoms with Crippen molar-refractivity contribution in [3.05, 3.63) is 62.8 Å². The Morgan fingerprint density at radius 3 is 2.58 bits per heavy atom. The van der Waals surface area contributed by atoms with Crippen molar-refractivity contribution in [2.75, 3.05) is 0 Å². The van der Waals surface area contributed by atoms with Crippen LogP contribution in [-0.4, -0.2) is 30.0 Å². The second-order valence-corrected chi connectivity index (χ2v) is 5.46. The highest BCUT2D eigenvalue weighted by Gasteiger charge is 2.21. The lowest BCUT2D eigenvalue weighted by Crippen LogP contribution is -1.94. The Hall–Kier alpha value is -3.34. The SMILES string of the molecule is O=[N+]([O-])c1ccc(Sc2n[nH]c(-c3ccccn3)n2)c([N+](=O)[O-])c1. The van der Waals surface area contributed by atoms with Gasteiger partial charge in [0.25, 0.3) is 11.4 Å². The van der Waals surface area contributed by atoms with Crippen LogP contribution >= 0.6 is 11.8 Å². The van der Waals surface area contributed by atoms with E-state index in [2.05, 4.69) is 20.2 Å². The molecule has 0 radical (unpaired) electrons. The van der Waals surface area contributed by atoms with Crippen LogP contribution in [0.25, 0.3) is 11.5 Å². The molecule has 0 unspecified atom stereocenters. The number of nitro groups is 2. The molecule has 0 fully saturated rings. The van der Waals surface area contributed by atoms with Crippen LogP contribution < -0.4 is 0 Å². The molecule has 2 heterocycles. The fourth-order valence-corrected chi connectivity index (χ4v) is 2.66. The third-order valence-corrected chi connectivity index (χ3v) is 3.85. The van der Waals surface area contributed by atoms with Crippen LogP contribution in [0.2, 0.25) is 0 Å². The first kappa shape index (κ1) is 15.6. The molecule has 1 N–H and O–H groups in total. The van der Waals surface area contributed by atoms with E-state index in [1.165, 1.54) is 12.1 Å². The molecule has 0 aliphatic carbocycles. The summed E-state index contributed by atoms with van der Waals surface area (Å²) in [7, 11) is 0. The van der Waals surface area contributed by atoms with Gasteiger partial charge in [-0.15, -0.1) is 5.10 Å². The van der Waals surface area contributed by atoms with Gasteiger partial charge in [0.1, 0.15) is 5.69 Å². The van der Waals surface area contributed by atoms with Gasteiger partial charge >= 0.3 is 0 Å². The smallest absolute Gasteiger partial charge is 0.258 e. The summed E-state index contributed by atoms with van der Waals surface area (Å²) in [5.74, 6) is 0.419. The number of rotatable bonds is 5. The third kappa shape index (κ3) is 3.20. The van der Waals surface area contributed by atoms with E-state index in [1.54, 1.807) is 24.4 Å². The molecule has 0 aliphatic heterocycles. The van der Waals surface area contributed by atoms with Crippen molar-refractivity contribution >= 4 is 23.1 Å². The first-order chi connectivity index (χ1) is 11.5. The summed E-state index contributed by atoms with van der Waals surface area (Å²) in [6.45, 7) is 0. The third-order valence-electron chi connectivity index (χ3n) is 2.92. The summed E-state index contributed by atoms with van der Waals surface area (Å²) < 4.78 is 0. The van der Waals surface area contributed by atoms with Gasteiger partial charge in [0.2, 0.25) is 5.16 Å². The lowest BCUT2D eigenvalue weighted by atomic mass is 10.3. The van der Waals surface area contributed by atoms with Crippen molar-refractivity contribution in [1.82, 2.24) is 20.2 Å². The molecular formula is C13H8N6O4S. The minimum atomic E-state index is -0.687. The molecule has 11 heteroatoms. The molecule has 0 saturated heterocycles. The summed E-state index contributed by atoms with van der Waals surface area (Å²) in [6.07, 6.45) is 1.60. The van der Waals surface area contributed by atoms with Gasteiger partial charge in [-0.3, -0.25) is 30.3 Å². The molecule has 1 aromatic carbocycles. The van der Waals surface area contributed by atoms with E-state index in [4.69, 9.17) is 0 Å². The Labute approximate surface area is 138 Å². The molecule has 0 atom stereocenters. The zero-order chi connectivity index (χ0) is 17.1. The number of pyridine rings is 1. The Kier molecular flexibility index (Phi) is 4.16. The molecule has 0 saturated carbocycles. The van der Waals surface area contributed by atoms with Crippen molar-refractivity contribution in [3.63, 3.8) is 0 Å². The van der Waals surface area contributed by atoms with Gasteiger partial charge in [-0.25, -0.2) is 0 Å². The molecule has 24 heavy (non-hydrogen) atoms. The quantitative estimate of drug-likeness (QED) is 0.550. The molecule has 0 amide bonds. The molecule has 0 bridgehead atoms. The number of aromatic amines is 1. The van der Waals surface area contributed by atoms with E-state index in [-0.39, 0.29) is 21.4 Å². The molecule has 3 rings (SSSR count). The van der Waals surface area contributed by atoms with Crippen LogP contribution in [0, 0.1) is 20.2 Å². The Bertz CT molecular complexity index is 914. The number of benzene rings is 1. The summed E-state index contributed by atoms with van der Waals surface area (Å²) in [5, 5.41) is 28.8. The zero-order valence-corrected chi connectivity index (χ0v) is 12.6. The first-order valence-electron chi connectivity index (χ1n) is 6.49. The second-order valence-electron chi connectivity index (χ2n) is 4.45. The van der Waals surface area contributed by atoms with Gasteiger partial charge in [-0.2, -0.15) is 4.98 Å². The van der Waals surface area contributed by atoms with Crippen molar-refractivity contribution in [2.45, 2.75) is 10.1 Å². The first-order valence-corrected chi connectivity index (χ1v) is 7.31. The number of aromatic nitrogens is 4. The van der Waals surface area contributed by atoms with E-state index in [0.717, 1.165) is 17.8 Å². The highest BCUT2D eigenvalue weighted by Crippen LogP contribution is 2.35. The highest BCUT2D eigenvalue weighted by molar-refractivity contribution is 7.99. The van der Waals surface area contributed by atoms with Crippen LogP contribution in [0.1, 0.15) is 0 Å².